The molecule has 1 saturated heterocycles. The molecule has 2 fully saturated rings. The lowest BCUT2D eigenvalue weighted by Gasteiger charge is -2.49. The smallest absolute Gasteiger partial charge is 0.431 e. The number of likely N-dealkylation sites (N-methyl/N-ethyl adjacent to an activating group) is 1. The van der Waals surface area contributed by atoms with Gasteiger partial charge >= 0.3 is 12.1 Å². The van der Waals surface area contributed by atoms with Gasteiger partial charge in [0.2, 0.25) is 17.4 Å². The van der Waals surface area contributed by atoms with Crippen LogP contribution in [0, 0.1) is 5.92 Å². The van der Waals surface area contributed by atoms with Crippen LogP contribution in [-0.4, -0.2) is 115 Å². The number of esters is 1. The molecule has 3 N–H and O–H groups in total. The van der Waals surface area contributed by atoms with Crippen molar-refractivity contribution in [1.82, 2.24) is 40.3 Å². The molecular weight excluding hydrogens is 671 g/mol. The Hall–Kier alpha value is -3.42. The van der Waals surface area contributed by atoms with Gasteiger partial charge in [-0.05, 0) is 55.3 Å². The Bertz CT molecular complexity index is 1500. The van der Waals surface area contributed by atoms with Crippen LogP contribution in [-0.2, 0) is 41.6 Å². The molecule has 16 nitrogen and oxygen atoms in total. The summed E-state index contributed by atoms with van der Waals surface area (Å²) in [4.78, 5) is 59.8. The third-order valence-corrected chi connectivity index (χ3v) is 11.0. The highest BCUT2D eigenvalue weighted by Crippen LogP contribution is 2.42. The number of nitrogens with two attached hydrogens (primary N) is 1. The third kappa shape index (κ3) is 8.74. The monoisotopic (exact) mass is 709 g/mol. The molecule has 2 aromatic rings. The molecule has 4 heterocycles. The van der Waals surface area contributed by atoms with Crippen LogP contribution in [0.5, 0.6) is 0 Å². The summed E-state index contributed by atoms with van der Waals surface area (Å²) in [7, 11) is 3.90. The van der Waals surface area contributed by atoms with E-state index in [4.69, 9.17) is 19.9 Å². The van der Waals surface area contributed by atoms with Crippen molar-refractivity contribution in [2.24, 2.45) is 5.92 Å². The molecule has 19 heteroatoms. The molecular formula is C28H39N9O7S3. The van der Waals surface area contributed by atoms with Crippen LogP contribution in [0.15, 0.2) is 21.8 Å². The van der Waals surface area contributed by atoms with E-state index in [1.165, 1.54) is 46.7 Å². The maximum absolute atomic E-state index is 13.7. The predicted molar refractivity (Wildman–Crippen MR) is 174 cm³/mol. The number of β-lactam (4-membered cyclic amide) rings is 1. The average Bonchev–Trinajstić information content (AvgIpc) is 3.65. The number of fused-ring (bicyclic) bond motifs is 1. The zero-order valence-corrected chi connectivity index (χ0v) is 29.1. The van der Waals surface area contributed by atoms with Crippen molar-refractivity contribution >= 4 is 63.9 Å². The molecule has 0 radical (unpaired) electrons. The molecule has 5 atom stereocenters. The van der Waals surface area contributed by atoms with Crippen molar-refractivity contribution < 1.29 is 33.4 Å². The number of nitrogens with one attached hydrogen (secondary N) is 1. The molecule has 0 bridgehead atoms. The van der Waals surface area contributed by atoms with Crippen molar-refractivity contribution in [2.75, 3.05) is 37.9 Å². The van der Waals surface area contributed by atoms with E-state index in [0.29, 0.717) is 33.9 Å². The molecule has 0 spiro atoms. The van der Waals surface area contributed by atoms with Gasteiger partial charge in [0, 0.05) is 30.4 Å². The topological polar surface area (TPSA) is 197 Å². The first-order valence-electron chi connectivity index (χ1n) is 15.3. The molecule has 5 rings (SSSR count). The summed E-state index contributed by atoms with van der Waals surface area (Å²) < 4.78 is 18.0. The number of aromatic nitrogens is 5. The molecule has 3 aliphatic rings. The number of thioether (sulfide) groups is 2. The number of carbonyl (C=O) groups excluding carboxylic acids is 4. The van der Waals surface area contributed by atoms with E-state index in [-0.39, 0.29) is 35.8 Å². The number of hydrogen-bond donors (Lipinski definition) is 2. The summed E-state index contributed by atoms with van der Waals surface area (Å²) in [6.07, 6.45) is 1.29. The van der Waals surface area contributed by atoms with Crippen molar-refractivity contribution in [3.8, 4) is 0 Å². The number of tetrazole rings is 1. The Labute approximate surface area is 284 Å². The van der Waals surface area contributed by atoms with Crippen LogP contribution < -0.4 is 11.1 Å². The van der Waals surface area contributed by atoms with Crippen molar-refractivity contribution in [1.29, 1.82) is 0 Å². The molecule has 256 valence electrons. The van der Waals surface area contributed by atoms with Crippen LogP contribution in [0.3, 0.4) is 0 Å². The first-order valence-corrected chi connectivity index (χ1v) is 18.2. The van der Waals surface area contributed by atoms with Gasteiger partial charge in [0.15, 0.2) is 5.13 Å². The highest BCUT2D eigenvalue weighted by atomic mass is 32.2. The number of amides is 2. The number of hydrogen-bond acceptors (Lipinski definition) is 16. The molecule has 1 saturated carbocycles. The Morgan fingerprint density at radius 1 is 1.23 bits per heavy atom. The van der Waals surface area contributed by atoms with Crippen molar-refractivity contribution in [3.05, 3.63) is 22.3 Å². The largest absolute Gasteiger partial charge is 0.511 e. The molecule has 47 heavy (non-hydrogen) atoms. The van der Waals surface area contributed by atoms with E-state index in [0.717, 1.165) is 32.2 Å². The molecule has 3 unspecified atom stereocenters. The lowest BCUT2D eigenvalue weighted by molar-refractivity contribution is -0.170. The maximum Gasteiger partial charge on any atom is 0.511 e. The highest BCUT2D eigenvalue weighted by molar-refractivity contribution is 8.01. The molecule has 2 amide bonds. The lowest BCUT2D eigenvalue weighted by Crippen LogP contribution is -2.70. The number of rotatable bonds is 13. The van der Waals surface area contributed by atoms with E-state index < -0.39 is 35.7 Å². The summed E-state index contributed by atoms with van der Waals surface area (Å²) in [5.74, 6) is -0.809. The summed E-state index contributed by atoms with van der Waals surface area (Å²) in [5, 5.41) is 16.8. The number of nitrogen functional groups attached to an aromatic ring is 1. The SMILES string of the molecule is CC(OC(=O)OC1CCCCC1C)OC(=O)C1=C(CSc2nnnn2CCN(C)C)CS[C@H]2[C@H](NC(=O)Cc3csc(N)n3)C(=O)N12. The van der Waals surface area contributed by atoms with Crippen LogP contribution in [0.2, 0.25) is 0 Å². The van der Waals surface area contributed by atoms with Gasteiger partial charge in [0.05, 0.1) is 18.7 Å². The number of anilines is 1. The summed E-state index contributed by atoms with van der Waals surface area (Å²) >= 11 is 3.97. The Kier molecular flexibility index (Phi) is 11.6. The fourth-order valence-corrected chi connectivity index (χ4v) is 8.39. The van der Waals surface area contributed by atoms with Crippen LogP contribution in [0.25, 0.3) is 0 Å². The summed E-state index contributed by atoms with van der Waals surface area (Å²) in [5.41, 5.74) is 6.84. The minimum absolute atomic E-state index is 0.0331. The van der Waals surface area contributed by atoms with Gasteiger partial charge in [-0.1, -0.05) is 25.1 Å². The fraction of sp³-hybridized carbons (Fsp3) is 0.643. The van der Waals surface area contributed by atoms with Crippen LogP contribution in [0.4, 0.5) is 9.93 Å². The van der Waals surface area contributed by atoms with Crippen LogP contribution >= 0.6 is 34.9 Å². The van der Waals surface area contributed by atoms with Gasteiger partial charge in [0.1, 0.15) is 23.2 Å². The van der Waals surface area contributed by atoms with Gasteiger partial charge in [0.25, 0.3) is 5.91 Å². The normalized spacial score (nSPS) is 23.2. The van der Waals surface area contributed by atoms with E-state index in [1.807, 2.05) is 25.9 Å². The highest BCUT2D eigenvalue weighted by Gasteiger charge is 2.54. The van der Waals surface area contributed by atoms with Gasteiger partial charge in [-0.3, -0.25) is 14.5 Å². The summed E-state index contributed by atoms with van der Waals surface area (Å²) in [6.45, 7) is 4.73. The average molecular weight is 710 g/mol. The van der Waals surface area contributed by atoms with Gasteiger partial charge in [-0.25, -0.2) is 19.3 Å². The van der Waals surface area contributed by atoms with Crippen LogP contribution in [0.1, 0.15) is 45.2 Å². The second-order valence-corrected chi connectivity index (χ2v) is 14.7. The molecule has 1 aliphatic carbocycles. The Balaban J connectivity index is 1.28. The van der Waals surface area contributed by atoms with E-state index in [1.54, 1.807) is 10.1 Å². The number of ether oxygens (including phenoxy) is 3. The van der Waals surface area contributed by atoms with E-state index in [9.17, 15) is 19.2 Å². The minimum Gasteiger partial charge on any atom is -0.431 e. The van der Waals surface area contributed by atoms with Gasteiger partial charge < -0.3 is 30.2 Å². The molecule has 2 aromatic heterocycles. The zero-order valence-electron chi connectivity index (χ0n) is 26.6. The first-order chi connectivity index (χ1) is 22.5. The Morgan fingerprint density at radius 2 is 2.02 bits per heavy atom. The predicted octanol–water partition coefficient (Wildman–Crippen LogP) is 1.88. The zero-order chi connectivity index (χ0) is 33.7. The standard InChI is InChI=1S/C28H39N9O7S3/c1-15-7-5-6-8-19(15)44-28(41)43-16(2)42-25(40)22-17(13-47-27-32-33-34-36(27)10-9-35(3)4)12-45-24-21(23(39)37(22)24)31-20(38)11-18-14-46-26(29)30-18/h14-16,19,21,24H,5-13H2,1-4H3,(H2,29,30)(H,31,38)/t15?,16?,19?,21-,24+/m1/s1. The Morgan fingerprint density at radius 3 is 2.74 bits per heavy atom. The maximum atomic E-state index is 13.7. The van der Waals surface area contributed by atoms with E-state index >= 15 is 0 Å². The van der Waals surface area contributed by atoms with Gasteiger partial charge in [-0.2, -0.15) is 0 Å². The third-order valence-electron chi connectivity index (χ3n) is 7.92. The van der Waals surface area contributed by atoms with Crippen molar-refractivity contribution in [3.63, 3.8) is 0 Å². The van der Waals surface area contributed by atoms with E-state index in [2.05, 4.69) is 25.8 Å². The molecule has 0 aromatic carbocycles. The second-order valence-electron chi connectivity index (χ2n) is 11.8. The first kappa shape index (κ1) is 34.9. The van der Waals surface area contributed by atoms with Gasteiger partial charge in [-0.15, -0.1) is 28.2 Å². The fourth-order valence-electron chi connectivity index (χ4n) is 5.44. The lowest BCUT2D eigenvalue weighted by atomic mass is 9.88. The number of thiazole rings is 1. The number of carbonyl (C=O) groups is 4. The molecule has 2 aliphatic heterocycles. The second kappa shape index (κ2) is 15.7. The summed E-state index contributed by atoms with van der Waals surface area (Å²) in [6, 6.07) is -0.847. The number of nitrogens with zero attached hydrogens (tertiary/aromatic N) is 7. The van der Waals surface area contributed by atoms with Crippen molar-refractivity contribution in [2.45, 2.75) is 81.5 Å². The quantitative estimate of drug-likeness (QED) is 0.132. The minimum atomic E-state index is -1.28.